The fraction of sp³-hybridized carbons (Fsp3) is 0.500. The highest BCUT2D eigenvalue weighted by molar-refractivity contribution is 4.71. The molecule has 0 fully saturated rings. The van der Waals surface area contributed by atoms with Gasteiger partial charge in [-0.05, 0) is 0 Å². The van der Waals surface area contributed by atoms with Crippen molar-refractivity contribution in [2.75, 3.05) is 6.54 Å². The Bertz CT molecular complexity index is 18.9. The number of hydrogen-bond donors (Lipinski definition) is 3. The van der Waals surface area contributed by atoms with Crippen molar-refractivity contribution in [3.8, 4) is 0 Å². The van der Waals surface area contributed by atoms with Crippen LogP contribution in [0.4, 0.5) is 0 Å². The van der Waals surface area contributed by atoms with E-state index in [1.54, 1.807) is 0 Å². The molecule has 0 atom stereocenters. The first-order valence-electron chi connectivity index (χ1n) is 1.34. The first-order chi connectivity index (χ1) is 2.27. The lowest BCUT2D eigenvalue weighted by Crippen LogP contribution is -2.28. The van der Waals surface area contributed by atoms with Crippen molar-refractivity contribution in [1.29, 1.82) is 0 Å². The maximum atomic E-state index is 4.88. The zero-order valence-electron chi connectivity index (χ0n) is 2.94. The molecule has 3 nitrogen and oxygen atoms in total. The van der Waals surface area contributed by atoms with E-state index in [1.165, 1.54) is 0 Å². The van der Waals surface area contributed by atoms with E-state index in [2.05, 4.69) is 0 Å². The first kappa shape index (κ1) is 4.88. The maximum Gasteiger partial charge on any atom is 0.109 e. The average molecular weight is 74.1 g/mol. The summed E-state index contributed by atoms with van der Waals surface area (Å²) in [5.74, 6) is 0. The van der Waals surface area contributed by atoms with Gasteiger partial charge in [-0.1, -0.05) is 0 Å². The Balaban J connectivity index is 2.54. The predicted molar refractivity (Wildman–Crippen MR) is 20.7 cm³/mol. The lowest BCUT2D eigenvalue weighted by molar-refractivity contribution is 0.895. The summed E-state index contributed by atoms with van der Waals surface area (Å²) in [5, 5.41) is 0. The quantitative estimate of drug-likeness (QED) is 0.349. The smallest absolute Gasteiger partial charge is 0.109 e. The van der Waals surface area contributed by atoms with Crippen molar-refractivity contribution >= 4 is 0 Å². The first-order valence-corrected chi connectivity index (χ1v) is 1.34. The molecule has 0 aromatic heterocycles. The summed E-state index contributed by atoms with van der Waals surface area (Å²) in [7, 11) is 0. The molecule has 0 heterocycles. The van der Waals surface area contributed by atoms with Crippen molar-refractivity contribution in [2.24, 2.45) is 17.2 Å². The average Bonchev–Trinajstić information content (AvgIpc) is 1.38. The Morgan fingerprint density at radius 3 is 1.60 bits per heavy atom. The van der Waals surface area contributed by atoms with Gasteiger partial charge < -0.3 is 17.2 Å². The van der Waals surface area contributed by atoms with E-state index in [4.69, 9.17) is 17.2 Å². The van der Waals surface area contributed by atoms with Gasteiger partial charge in [-0.15, -0.1) is 0 Å². The van der Waals surface area contributed by atoms with Crippen molar-refractivity contribution < 1.29 is 0 Å². The van der Waals surface area contributed by atoms with E-state index in [0.29, 0.717) is 0 Å². The van der Waals surface area contributed by atoms with E-state index >= 15 is 0 Å². The summed E-state index contributed by atoms with van der Waals surface area (Å²) in [6.07, 6.45) is 0.282. The highest BCUT2D eigenvalue weighted by Gasteiger charge is 1.81. The van der Waals surface area contributed by atoms with Gasteiger partial charge in [0.15, 0.2) is 0 Å². The van der Waals surface area contributed by atoms with E-state index in [0.717, 1.165) is 0 Å². The molecule has 0 aromatic carbocycles. The zero-order chi connectivity index (χ0) is 4.28. The van der Waals surface area contributed by atoms with Gasteiger partial charge in [0, 0.05) is 6.54 Å². The highest BCUT2D eigenvalue weighted by Crippen LogP contribution is 1.57. The van der Waals surface area contributed by atoms with Crippen LogP contribution < -0.4 is 17.2 Å². The molecule has 0 aliphatic rings. The van der Waals surface area contributed by atoms with E-state index in [1.807, 2.05) is 0 Å². The normalized spacial score (nSPS) is 9.60. The van der Waals surface area contributed by atoms with Crippen LogP contribution in [0.3, 0.4) is 0 Å². The second kappa shape index (κ2) is 2.14. The summed E-state index contributed by atoms with van der Waals surface area (Å²) in [6, 6.07) is 0. The summed E-state index contributed by atoms with van der Waals surface area (Å²) in [6.45, 7) is 0.278. The zero-order valence-corrected chi connectivity index (χ0v) is 2.94. The molecule has 0 bridgehead atoms. The summed E-state index contributed by atoms with van der Waals surface area (Å²) in [4.78, 5) is 0. The van der Waals surface area contributed by atoms with Crippen LogP contribution in [-0.2, 0) is 0 Å². The third-order valence-electron chi connectivity index (χ3n) is 0.236. The molecular formula is C2H8N3. The molecule has 0 aliphatic heterocycles. The minimum Gasteiger partial charge on any atom is -0.327 e. The minimum atomic E-state index is 0.278. The van der Waals surface area contributed by atoms with Crippen molar-refractivity contribution in [2.45, 2.75) is 0 Å². The van der Waals surface area contributed by atoms with Crippen LogP contribution in [0.5, 0.6) is 0 Å². The van der Waals surface area contributed by atoms with Gasteiger partial charge in [0.05, 0.1) is 0 Å². The third-order valence-corrected chi connectivity index (χ3v) is 0.236. The molecule has 1 radical (unpaired) electrons. The van der Waals surface area contributed by atoms with Gasteiger partial charge in [-0.3, -0.25) is 0 Å². The Kier molecular flexibility index (Phi) is 2.09. The van der Waals surface area contributed by atoms with E-state index < -0.39 is 0 Å². The second-order valence-electron chi connectivity index (χ2n) is 0.779. The Hall–Kier alpha value is -0.120. The SMILES string of the molecule is NC[C](N)N. The summed E-state index contributed by atoms with van der Waals surface area (Å²) < 4.78 is 0. The largest absolute Gasteiger partial charge is 0.327 e. The fourth-order valence-electron chi connectivity index (χ4n) is 0. The molecule has 0 aliphatic carbocycles. The Morgan fingerprint density at radius 1 is 1.40 bits per heavy atom. The molecule has 0 spiro atoms. The number of hydrogen-bond acceptors (Lipinski definition) is 3. The lowest BCUT2D eigenvalue weighted by atomic mass is 10.6. The lowest BCUT2D eigenvalue weighted by Gasteiger charge is -1.91. The molecule has 0 amide bonds. The molecule has 0 rings (SSSR count). The molecular weight excluding hydrogens is 66.0 g/mol. The maximum absolute atomic E-state index is 4.88. The van der Waals surface area contributed by atoms with Gasteiger partial charge in [0.2, 0.25) is 0 Å². The molecule has 0 unspecified atom stereocenters. The van der Waals surface area contributed by atoms with Gasteiger partial charge in [-0.2, -0.15) is 0 Å². The third kappa shape index (κ3) is 3.88. The van der Waals surface area contributed by atoms with Crippen LogP contribution >= 0.6 is 0 Å². The second-order valence-corrected chi connectivity index (χ2v) is 0.779. The van der Waals surface area contributed by atoms with E-state index in [-0.39, 0.29) is 12.7 Å². The van der Waals surface area contributed by atoms with Gasteiger partial charge in [0.1, 0.15) is 6.17 Å². The number of nitrogens with two attached hydrogens (primary N) is 3. The summed E-state index contributed by atoms with van der Waals surface area (Å²) >= 11 is 0. The van der Waals surface area contributed by atoms with Crippen LogP contribution in [0, 0.1) is 6.17 Å². The van der Waals surface area contributed by atoms with Gasteiger partial charge in [0.25, 0.3) is 0 Å². The molecule has 31 valence electrons. The molecule has 6 N–H and O–H groups in total. The summed E-state index contributed by atoms with van der Waals surface area (Å²) in [5.41, 5.74) is 14.6. The molecule has 3 heteroatoms. The van der Waals surface area contributed by atoms with E-state index in [9.17, 15) is 0 Å². The standard InChI is InChI=1S/C2H8N3/c3-1-2(4)5/h1,3-5H2. The predicted octanol–water partition coefficient (Wildman–Crippen LogP) is -1.65. The molecule has 0 aromatic rings. The van der Waals surface area contributed by atoms with Crippen molar-refractivity contribution in [3.05, 3.63) is 6.17 Å². The minimum absolute atomic E-state index is 0.278. The Labute approximate surface area is 31.1 Å². The van der Waals surface area contributed by atoms with Crippen LogP contribution in [0.2, 0.25) is 0 Å². The molecule has 0 saturated heterocycles. The number of rotatable bonds is 1. The molecule has 0 saturated carbocycles. The van der Waals surface area contributed by atoms with Crippen LogP contribution in [0.1, 0.15) is 0 Å². The topological polar surface area (TPSA) is 78.1 Å². The monoisotopic (exact) mass is 74.1 g/mol. The van der Waals surface area contributed by atoms with Gasteiger partial charge >= 0.3 is 0 Å². The van der Waals surface area contributed by atoms with Crippen LogP contribution in [0.25, 0.3) is 0 Å². The fourth-order valence-corrected chi connectivity index (χ4v) is 0. The van der Waals surface area contributed by atoms with Crippen molar-refractivity contribution in [3.63, 3.8) is 0 Å². The Morgan fingerprint density at radius 2 is 1.60 bits per heavy atom. The van der Waals surface area contributed by atoms with Crippen LogP contribution in [-0.4, -0.2) is 6.54 Å². The van der Waals surface area contributed by atoms with Gasteiger partial charge in [-0.25, -0.2) is 0 Å². The molecule has 5 heavy (non-hydrogen) atoms. The van der Waals surface area contributed by atoms with Crippen LogP contribution in [0.15, 0.2) is 0 Å². The highest BCUT2D eigenvalue weighted by atomic mass is 14.9. The van der Waals surface area contributed by atoms with Crippen molar-refractivity contribution in [1.82, 2.24) is 0 Å².